The summed E-state index contributed by atoms with van der Waals surface area (Å²) < 4.78 is 7.49. The lowest BCUT2D eigenvalue weighted by molar-refractivity contribution is -0.133. The van der Waals surface area contributed by atoms with Gasteiger partial charge < -0.3 is 14.5 Å². The maximum atomic E-state index is 12.8. The Balaban J connectivity index is 1.13. The van der Waals surface area contributed by atoms with E-state index in [9.17, 15) is 4.79 Å². The van der Waals surface area contributed by atoms with Crippen LogP contribution in [-0.4, -0.2) is 67.4 Å². The number of aryl methyl sites for hydroxylation is 1. The lowest BCUT2D eigenvalue weighted by atomic mass is 10.1. The van der Waals surface area contributed by atoms with Crippen LogP contribution in [0.15, 0.2) is 36.8 Å². The van der Waals surface area contributed by atoms with E-state index in [1.54, 1.807) is 4.52 Å². The molecule has 0 aromatic carbocycles. The van der Waals surface area contributed by atoms with Gasteiger partial charge in [0.05, 0.1) is 25.3 Å². The van der Waals surface area contributed by atoms with Gasteiger partial charge in [-0.15, -0.1) is 5.10 Å². The smallest absolute Gasteiger partial charge is 0.225 e. The molecule has 0 spiro atoms. The van der Waals surface area contributed by atoms with Crippen molar-refractivity contribution in [3.63, 3.8) is 0 Å². The van der Waals surface area contributed by atoms with Gasteiger partial charge in [-0.1, -0.05) is 6.07 Å². The van der Waals surface area contributed by atoms with Crippen LogP contribution in [0.25, 0.3) is 5.65 Å². The summed E-state index contributed by atoms with van der Waals surface area (Å²) in [5, 5.41) is 12.7. The Labute approximate surface area is 174 Å². The molecular formula is C21H25N7O2. The zero-order chi connectivity index (χ0) is 20.5. The van der Waals surface area contributed by atoms with Gasteiger partial charge in [-0.2, -0.15) is 10.2 Å². The van der Waals surface area contributed by atoms with Crippen LogP contribution in [0.3, 0.4) is 0 Å². The van der Waals surface area contributed by atoms with E-state index in [0.717, 1.165) is 48.7 Å². The number of carbonyl (C=O) groups excluding carboxylic acids is 1. The van der Waals surface area contributed by atoms with Crippen LogP contribution in [0.1, 0.15) is 30.5 Å². The number of hydrogen-bond acceptors (Lipinski definition) is 7. The first-order chi connectivity index (χ1) is 14.7. The van der Waals surface area contributed by atoms with Crippen molar-refractivity contribution in [3.8, 4) is 0 Å². The third kappa shape index (κ3) is 3.60. The van der Waals surface area contributed by atoms with Gasteiger partial charge in [0.1, 0.15) is 6.33 Å². The molecule has 2 aliphatic heterocycles. The maximum Gasteiger partial charge on any atom is 0.225 e. The molecule has 0 aliphatic carbocycles. The van der Waals surface area contributed by atoms with Crippen molar-refractivity contribution in [2.24, 2.45) is 0 Å². The van der Waals surface area contributed by atoms with Gasteiger partial charge in [0.2, 0.25) is 5.91 Å². The van der Waals surface area contributed by atoms with Crippen LogP contribution < -0.4 is 4.90 Å². The van der Waals surface area contributed by atoms with Gasteiger partial charge in [0.25, 0.3) is 0 Å². The number of aromatic nitrogens is 5. The molecule has 2 unspecified atom stereocenters. The quantitative estimate of drug-likeness (QED) is 0.574. The van der Waals surface area contributed by atoms with Crippen molar-refractivity contribution in [2.45, 2.75) is 44.9 Å². The van der Waals surface area contributed by atoms with Gasteiger partial charge in [-0.3, -0.25) is 4.79 Å². The fourth-order valence-electron chi connectivity index (χ4n) is 4.53. The molecule has 0 saturated carbocycles. The molecule has 9 heteroatoms. The summed E-state index contributed by atoms with van der Waals surface area (Å²) in [6, 6.07) is 8.55. The second kappa shape index (κ2) is 7.98. The molecule has 2 saturated heterocycles. The lowest BCUT2D eigenvalue weighted by Gasteiger charge is -2.41. The lowest BCUT2D eigenvalue weighted by Crippen LogP contribution is -2.55. The summed E-state index contributed by atoms with van der Waals surface area (Å²) in [4.78, 5) is 21.4. The van der Waals surface area contributed by atoms with E-state index < -0.39 is 0 Å². The number of pyridine rings is 1. The Kier molecular flexibility index (Phi) is 5.04. The molecular weight excluding hydrogens is 382 g/mol. The molecule has 0 N–H and O–H groups in total. The fourth-order valence-corrected chi connectivity index (χ4v) is 4.53. The van der Waals surface area contributed by atoms with E-state index in [2.05, 4.69) is 25.2 Å². The summed E-state index contributed by atoms with van der Waals surface area (Å²) in [6.45, 7) is 4.24. The number of nitrogens with zero attached hydrogens (tertiary/aromatic N) is 7. The zero-order valence-electron chi connectivity index (χ0n) is 17.0. The van der Waals surface area contributed by atoms with E-state index in [4.69, 9.17) is 4.74 Å². The molecule has 5 rings (SSSR count). The molecule has 2 atom stereocenters. The highest BCUT2D eigenvalue weighted by Crippen LogP contribution is 2.33. The molecule has 30 heavy (non-hydrogen) atoms. The number of rotatable bonds is 6. The number of amides is 1. The Morgan fingerprint density at radius 3 is 2.77 bits per heavy atom. The van der Waals surface area contributed by atoms with Gasteiger partial charge in [0, 0.05) is 36.9 Å². The monoisotopic (exact) mass is 407 g/mol. The minimum absolute atomic E-state index is 0.155. The molecule has 9 nitrogen and oxygen atoms in total. The van der Waals surface area contributed by atoms with Crippen molar-refractivity contribution >= 4 is 17.4 Å². The van der Waals surface area contributed by atoms with Crippen molar-refractivity contribution in [1.29, 1.82) is 0 Å². The molecule has 5 heterocycles. The standard InChI is InChI=1S/C21H25N7O2/c1-15-4-7-19(25-24-15)28-17-5-6-18(28)12-26(11-17)20(29)8-10-30-13-16-3-2-9-27-21(16)22-14-23-27/h2-4,7,9,14,17-18H,5-6,8,10-13H2,1H3. The second-order valence-electron chi connectivity index (χ2n) is 7.99. The average Bonchev–Trinajstić information content (AvgIpc) is 3.34. The number of hydrogen-bond donors (Lipinski definition) is 0. The van der Waals surface area contributed by atoms with E-state index in [1.165, 1.54) is 6.33 Å². The maximum absolute atomic E-state index is 12.8. The molecule has 0 radical (unpaired) electrons. The van der Waals surface area contributed by atoms with Crippen molar-refractivity contribution < 1.29 is 9.53 Å². The molecule has 2 aliphatic rings. The fraction of sp³-hybridized carbons (Fsp3) is 0.476. The normalized spacial score (nSPS) is 20.8. The predicted molar refractivity (Wildman–Crippen MR) is 110 cm³/mol. The number of anilines is 1. The summed E-state index contributed by atoms with van der Waals surface area (Å²) in [6.07, 6.45) is 5.94. The first kappa shape index (κ1) is 18.9. The Bertz CT molecular complexity index is 1020. The average molecular weight is 407 g/mol. The van der Waals surface area contributed by atoms with Crippen LogP contribution in [0.4, 0.5) is 5.82 Å². The van der Waals surface area contributed by atoms with E-state index in [-0.39, 0.29) is 5.91 Å². The van der Waals surface area contributed by atoms with Gasteiger partial charge in [-0.25, -0.2) is 9.50 Å². The number of likely N-dealkylation sites (tertiary alicyclic amines) is 1. The summed E-state index contributed by atoms with van der Waals surface area (Å²) >= 11 is 0. The Hall–Kier alpha value is -3.07. The molecule has 2 bridgehead atoms. The van der Waals surface area contributed by atoms with Crippen LogP contribution in [0.2, 0.25) is 0 Å². The molecule has 2 fully saturated rings. The number of fused-ring (bicyclic) bond motifs is 3. The SMILES string of the molecule is Cc1ccc(N2C3CCC2CN(C(=O)CCOCc2cccn4ncnc24)C3)nn1. The summed E-state index contributed by atoms with van der Waals surface area (Å²) in [5.41, 5.74) is 2.67. The summed E-state index contributed by atoms with van der Waals surface area (Å²) in [7, 11) is 0. The van der Waals surface area contributed by atoms with Crippen molar-refractivity contribution in [1.82, 2.24) is 29.7 Å². The largest absolute Gasteiger partial charge is 0.376 e. The predicted octanol–water partition coefficient (Wildman–Crippen LogP) is 1.61. The third-order valence-electron chi connectivity index (χ3n) is 5.99. The second-order valence-corrected chi connectivity index (χ2v) is 7.99. The minimum Gasteiger partial charge on any atom is -0.376 e. The molecule has 156 valence electrons. The van der Waals surface area contributed by atoms with Crippen LogP contribution in [-0.2, 0) is 16.1 Å². The van der Waals surface area contributed by atoms with Crippen LogP contribution >= 0.6 is 0 Å². The first-order valence-electron chi connectivity index (χ1n) is 10.4. The Morgan fingerprint density at radius 2 is 2.00 bits per heavy atom. The molecule has 1 amide bonds. The van der Waals surface area contributed by atoms with Crippen LogP contribution in [0.5, 0.6) is 0 Å². The van der Waals surface area contributed by atoms with Gasteiger partial charge in [0.15, 0.2) is 11.5 Å². The van der Waals surface area contributed by atoms with E-state index in [0.29, 0.717) is 31.7 Å². The van der Waals surface area contributed by atoms with Crippen LogP contribution in [0, 0.1) is 6.92 Å². The first-order valence-corrected chi connectivity index (χ1v) is 10.4. The van der Waals surface area contributed by atoms with Crippen molar-refractivity contribution in [2.75, 3.05) is 24.6 Å². The van der Waals surface area contributed by atoms with Crippen molar-refractivity contribution in [3.05, 3.63) is 48.0 Å². The number of carbonyl (C=O) groups is 1. The third-order valence-corrected chi connectivity index (χ3v) is 5.99. The van der Waals surface area contributed by atoms with E-state index in [1.807, 2.05) is 42.3 Å². The zero-order valence-corrected chi connectivity index (χ0v) is 17.0. The summed E-state index contributed by atoms with van der Waals surface area (Å²) in [5.74, 6) is 1.08. The topological polar surface area (TPSA) is 88.8 Å². The number of ether oxygens (including phenoxy) is 1. The molecule has 3 aromatic rings. The Morgan fingerprint density at radius 1 is 1.17 bits per heavy atom. The molecule has 3 aromatic heterocycles. The van der Waals surface area contributed by atoms with Gasteiger partial charge >= 0.3 is 0 Å². The highest BCUT2D eigenvalue weighted by molar-refractivity contribution is 5.77. The minimum atomic E-state index is 0.155. The number of piperazine rings is 1. The van der Waals surface area contributed by atoms with Gasteiger partial charge in [-0.05, 0) is 38.0 Å². The van der Waals surface area contributed by atoms with E-state index >= 15 is 0 Å². The highest BCUT2D eigenvalue weighted by Gasteiger charge is 2.41. The highest BCUT2D eigenvalue weighted by atomic mass is 16.5.